The molecule has 2 aromatic carbocycles. The highest BCUT2D eigenvalue weighted by atomic mass is 32.2. The predicted octanol–water partition coefficient (Wildman–Crippen LogP) is 4.29. The fourth-order valence-electron chi connectivity index (χ4n) is 2.72. The molecule has 0 aliphatic carbocycles. The molecular formula is C19H13F3N4O2S. The smallest absolute Gasteiger partial charge is 0.338 e. The van der Waals surface area contributed by atoms with Gasteiger partial charge in [-0.25, -0.2) is 4.98 Å². The van der Waals surface area contributed by atoms with Gasteiger partial charge in [-0.15, -0.1) is 0 Å². The maximum Gasteiger partial charge on any atom is 0.416 e. The van der Waals surface area contributed by atoms with E-state index in [4.69, 9.17) is 4.52 Å². The van der Waals surface area contributed by atoms with Crippen molar-refractivity contribution in [2.24, 2.45) is 7.05 Å². The summed E-state index contributed by atoms with van der Waals surface area (Å²) in [5.74, 6) is 0.488. The Kier molecular flexibility index (Phi) is 4.87. The second kappa shape index (κ2) is 7.36. The lowest BCUT2D eigenvalue weighted by Crippen LogP contribution is -2.19. The van der Waals surface area contributed by atoms with E-state index in [1.165, 1.54) is 28.5 Å². The summed E-state index contributed by atoms with van der Waals surface area (Å²) in [5.41, 5.74) is -0.177. The van der Waals surface area contributed by atoms with Gasteiger partial charge in [-0.1, -0.05) is 41.2 Å². The molecule has 4 aromatic rings. The number of aromatic nitrogens is 4. The zero-order chi connectivity index (χ0) is 20.6. The molecule has 10 heteroatoms. The molecule has 4 rings (SSSR count). The number of para-hydroxylation sites is 1. The van der Waals surface area contributed by atoms with E-state index in [1.54, 1.807) is 31.3 Å². The number of fused-ring (bicyclic) bond motifs is 1. The molecule has 0 fully saturated rings. The normalized spacial score (nSPS) is 11.9. The molecule has 0 aliphatic heterocycles. The molecule has 0 aliphatic rings. The molecule has 0 N–H and O–H groups in total. The van der Waals surface area contributed by atoms with Gasteiger partial charge in [0.25, 0.3) is 5.56 Å². The topological polar surface area (TPSA) is 73.8 Å². The molecule has 0 spiro atoms. The molecule has 0 atom stereocenters. The van der Waals surface area contributed by atoms with Crippen LogP contribution >= 0.6 is 11.8 Å². The summed E-state index contributed by atoms with van der Waals surface area (Å²) in [6, 6.07) is 11.7. The molecule has 0 unspecified atom stereocenters. The summed E-state index contributed by atoms with van der Waals surface area (Å²) in [6.07, 6.45) is -4.45. The van der Waals surface area contributed by atoms with E-state index in [2.05, 4.69) is 15.1 Å². The lowest BCUT2D eigenvalue weighted by atomic mass is 10.1. The monoisotopic (exact) mass is 418 g/mol. The number of hydrogen-bond acceptors (Lipinski definition) is 6. The molecule has 0 saturated carbocycles. The van der Waals surface area contributed by atoms with Gasteiger partial charge in [0.2, 0.25) is 11.7 Å². The minimum absolute atomic E-state index is 0.0621. The fourth-order valence-corrected chi connectivity index (χ4v) is 3.53. The van der Waals surface area contributed by atoms with Crippen LogP contribution in [-0.2, 0) is 19.0 Å². The summed E-state index contributed by atoms with van der Waals surface area (Å²) in [7, 11) is 1.62. The van der Waals surface area contributed by atoms with E-state index in [9.17, 15) is 18.0 Å². The summed E-state index contributed by atoms with van der Waals surface area (Å²) >= 11 is 1.22. The molecular weight excluding hydrogens is 405 g/mol. The van der Waals surface area contributed by atoms with Crippen molar-refractivity contribution in [3.63, 3.8) is 0 Å². The molecule has 0 amide bonds. The largest absolute Gasteiger partial charge is 0.416 e. The second-order valence-corrected chi connectivity index (χ2v) is 7.10. The lowest BCUT2D eigenvalue weighted by Gasteiger charge is -2.07. The van der Waals surface area contributed by atoms with Crippen molar-refractivity contribution < 1.29 is 17.7 Å². The first-order chi connectivity index (χ1) is 13.8. The standard InChI is InChI=1S/C19H13F3N4O2S/c1-26-17(27)13-7-2-3-8-14(13)23-18(26)29-10-15-24-16(25-28-15)11-5-4-6-12(9-11)19(20,21)22/h2-9H,10H2,1H3. The molecule has 148 valence electrons. The number of nitrogens with zero attached hydrogens (tertiary/aromatic N) is 4. The number of hydrogen-bond donors (Lipinski definition) is 0. The van der Waals surface area contributed by atoms with Gasteiger partial charge >= 0.3 is 6.18 Å². The van der Waals surface area contributed by atoms with Crippen LogP contribution in [0.25, 0.3) is 22.3 Å². The minimum Gasteiger partial charge on any atom is -0.338 e. The summed E-state index contributed by atoms with van der Waals surface area (Å²) < 4.78 is 45.2. The summed E-state index contributed by atoms with van der Waals surface area (Å²) in [4.78, 5) is 21.0. The Hall–Kier alpha value is -3.14. The van der Waals surface area contributed by atoms with Crippen LogP contribution in [0, 0.1) is 0 Å². The van der Waals surface area contributed by atoms with E-state index in [0.717, 1.165) is 12.1 Å². The Morgan fingerprint density at radius 3 is 2.69 bits per heavy atom. The van der Waals surface area contributed by atoms with E-state index in [1.807, 2.05) is 0 Å². The predicted molar refractivity (Wildman–Crippen MR) is 101 cm³/mol. The van der Waals surface area contributed by atoms with Gasteiger partial charge in [-0.2, -0.15) is 18.2 Å². The van der Waals surface area contributed by atoms with Gasteiger partial charge in [-0.3, -0.25) is 9.36 Å². The third-order valence-corrected chi connectivity index (χ3v) is 5.20. The van der Waals surface area contributed by atoms with Crippen LogP contribution in [0.15, 0.2) is 63.0 Å². The molecule has 2 aromatic heterocycles. The molecule has 6 nitrogen and oxygen atoms in total. The minimum atomic E-state index is -4.45. The first kappa shape index (κ1) is 19.2. The van der Waals surface area contributed by atoms with Crippen molar-refractivity contribution in [2.45, 2.75) is 17.1 Å². The zero-order valence-corrected chi connectivity index (χ0v) is 15.8. The van der Waals surface area contributed by atoms with Crippen LogP contribution in [-0.4, -0.2) is 19.7 Å². The van der Waals surface area contributed by atoms with Crippen LogP contribution in [0.2, 0.25) is 0 Å². The van der Waals surface area contributed by atoms with Gasteiger partial charge in [0, 0.05) is 12.6 Å². The Labute approximate surface area is 166 Å². The van der Waals surface area contributed by atoms with E-state index in [0.29, 0.717) is 16.1 Å². The van der Waals surface area contributed by atoms with Crippen molar-refractivity contribution in [3.8, 4) is 11.4 Å². The number of thioether (sulfide) groups is 1. The third-order valence-electron chi connectivity index (χ3n) is 4.18. The molecule has 2 heterocycles. The van der Waals surface area contributed by atoms with Crippen LogP contribution in [0.3, 0.4) is 0 Å². The van der Waals surface area contributed by atoms with Crippen LogP contribution < -0.4 is 5.56 Å². The molecule has 0 bridgehead atoms. The third kappa shape index (κ3) is 3.88. The highest BCUT2D eigenvalue weighted by Gasteiger charge is 2.30. The Morgan fingerprint density at radius 2 is 1.90 bits per heavy atom. The Balaban J connectivity index is 1.56. The van der Waals surface area contributed by atoms with Gasteiger partial charge in [-0.05, 0) is 24.3 Å². The van der Waals surface area contributed by atoms with E-state index in [-0.39, 0.29) is 28.6 Å². The van der Waals surface area contributed by atoms with Crippen LogP contribution in [0.4, 0.5) is 13.2 Å². The van der Waals surface area contributed by atoms with Gasteiger partial charge in [0.1, 0.15) is 0 Å². The summed E-state index contributed by atoms with van der Waals surface area (Å²) in [6.45, 7) is 0. The number of benzene rings is 2. The highest BCUT2D eigenvalue weighted by molar-refractivity contribution is 7.98. The Morgan fingerprint density at radius 1 is 1.10 bits per heavy atom. The van der Waals surface area contributed by atoms with Crippen molar-refractivity contribution >= 4 is 22.7 Å². The van der Waals surface area contributed by atoms with Crippen LogP contribution in [0.1, 0.15) is 11.5 Å². The van der Waals surface area contributed by atoms with Crippen molar-refractivity contribution in [1.82, 2.24) is 19.7 Å². The van der Waals surface area contributed by atoms with Crippen molar-refractivity contribution in [2.75, 3.05) is 0 Å². The first-order valence-electron chi connectivity index (χ1n) is 8.42. The van der Waals surface area contributed by atoms with Gasteiger partial charge in [0.05, 0.1) is 22.2 Å². The number of rotatable bonds is 4. The highest BCUT2D eigenvalue weighted by Crippen LogP contribution is 2.31. The molecule has 0 saturated heterocycles. The maximum atomic E-state index is 12.9. The number of halogens is 3. The number of alkyl halides is 3. The van der Waals surface area contributed by atoms with E-state index < -0.39 is 11.7 Å². The first-order valence-corrected chi connectivity index (χ1v) is 9.40. The fraction of sp³-hybridized carbons (Fsp3) is 0.158. The average Bonchev–Trinajstić information content (AvgIpc) is 3.18. The van der Waals surface area contributed by atoms with Crippen molar-refractivity contribution in [3.05, 3.63) is 70.3 Å². The average molecular weight is 418 g/mol. The quantitative estimate of drug-likeness (QED) is 0.364. The van der Waals surface area contributed by atoms with Crippen LogP contribution in [0.5, 0.6) is 0 Å². The Bertz CT molecular complexity index is 1250. The van der Waals surface area contributed by atoms with Gasteiger partial charge in [0.15, 0.2) is 5.16 Å². The molecule has 29 heavy (non-hydrogen) atoms. The van der Waals surface area contributed by atoms with Crippen molar-refractivity contribution in [1.29, 1.82) is 0 Å². The maximum absolute atomic E-state index is 12.9. The second-order valence-electron chi connectivity index (χ2n) is 6.15. The summed E-state index contributed by atoms with van der Waals surface area (Å²) in [5, 5.41) is 4.74. The lowest BCUT2D eigenvalue weighted by molar-refractivity contribution is -0.137. The zero-order valence-electron chi connectivity index (χ0n) is 15.0. The SMILES string of the molecule is Cn1c(SCc2nc(-c3cccc(C(F)(F)F)c3)no2)nc2ccccc2c1=O. The van der Waals surface area contributed by atoms with E-state index >= 15 is 0 Å². The van der Waals surface area contributed by atoms with Gasteiger partial charge < -0.3 is 4.52 Å². The molecule has 0 radical (unpaired) electrons.